The Morgan fingerprint density at radius 1 is 1.19 bits per heavy atom. The largest absolute Gasteiger partial charge is 0.392 e. The van der Waals surface area contributed by atoms with Gasteiger partial charge in [-0.1, -0.05) is 35.9 Å². The summed E-state index contributed by atoms with van der Waals surface area (Å²) in [5.41, 5.74) is 3.08. The zero-order valence-corrected chi connectivity index (χ0v) is 11.9. The monoisotopic (exact) mass is 287 g/mol. The molecule has 0 heterocycles. The summed E-state index contributed by atoms with van der Waals surface area (Å²) in [4.78, 5) is 11.9. The summed E-state index contributed by atoms with van der Waals surface area (Å²) in [6.45, 7) is 1.95. The number of benzene rings is 2. The van der Waals surface area contributed by atoms with Crippen LogP contribution in [-0.4, -0.2) is 11.0 Å². The maximum Gasteiger partial charge on any atom is 0.224 e. The Morgan fingerprint density at radius 3 is 2.71 bits per heavy atom. The highest BCUT2D eigenvalue weighted by Crippen LogP contribution is 2.11. The normalized spacial score (nSPS) is 10.4. The van der Waals surface area contributed by atoms with Crippen molar-refractivity contribution < 1.29 is 14.3 Å². The summed E-state index contributed by atoms with van der Waals surface area (Å²) in [6, 6.07) is 12.2. The molecule has 0 aliphatic heterocycles. The van der Waals surface area contributed by atoms with Gasteiger partial charge in [-0.2, -0.15) is 0 Å². The van der Waals surface area contributed by atoms with Gasteiger partial charge in [0.25, 0.3) is 0 Å². The van der Waals surface area contributed by atoms with Crippen molar-refractivity contribution in [1.82, 2.24) is 5.32 Å². The highest BCUT2D eigenvalue weighted by atomic mass is 19.1. The van der Waals surface area contributed by atoms with Gasteiger partial charge in [0.15, 0.2) is 0 Å². The molecule has 0 spiro atoms. The van der Waals surface area contributed by atoms with Crippen LogP contribution in [0.4, 0.5) is 4.39 Å². The number of rotatable bonds is 5. The number of aryl methyl sites for hydroxylation is 1. The van der Waals surface area contributed by atoms with Crippen LogP contribution in [0.25, 0.3) is 0 Å². The molecule has 0 aliphatic rings. The molecular formula is C17H18FNO2. The number of hydrogen-bond acceptors (Lipinski definition) is 2. The molecule has 0 atom stereocenters. The molecule has 3 nitrogen and oxygen atoms in total. The van der Waals surface area contributed by atoms with E-state index in [4.69, 9.17) is 5.11 Å². The lowest BCUT2D eigenvalue weighted by Crippen LogP contribution is -2.24. The molecule has 4 heteroatoms. The Morgan fingerprint density at radius 2 is 2.00 bits per heavy atom. The fourth-order valence-electron chi connectivity index (χ4n) is 2.13. The molecule has 0 radical (unpaired) electrons. The van der Waals surface area contributed by atoms with Crippen molar-refractivity contribution in [1.29, 1.82) is 0 Å². The lowest BCUT2D eigenvalue weighted by Gasteiger charge is -2.08. The first-order valence-electron chi connectivity index (χ1n) is 6.79. The summed E-state index contributed by atoms with van der Waals surface area (Å²) in [5.74, 6) is -0.525. The summed E-state index contributed by atoms with van der Waals surface area (Å²) < 4.78 is 13.2. The van der Waals surface area contributed by atoms with Crippen molar-refractivity contribution in [2.24, 2.45) is 0 Å². The number of carbonyl (C=O) groups is 1. The number of aliphatic hydroxyl groups is 1. The first kappa shape index (κ1) is 15.2. The second-order valence-electron chi connectivity index (χ2n) is 5.03. The van der Waals surface area contributed by atoms with Gasteiger partial charge in [0.1, 0.15) is 5.82 Å². The minimum Gasteiger partial charge on any atom is -0.392 e. The first-order chi connectivity index (χ1) is 10.1. The van der Waals surface area contributed by atoms with Gasteiger partial charge in [-0.3, -0.25) is 4.79 Å². The molecule has 2 aromatic carbocycles. The third kappa shape index (κ3) is 4.39. The summed E-state index contributed by atoms with van der Waals surface area (Å²) in [5, 5.41) is 11.8. The van der Waals surface area contributed by atoms with Crippen LogP contribution in [0.15, 0.2) is 42.5 Å². The zero-order valence-electron chi connectivity index (χ0n) is 11.9. The third-order valence-corrected chi connectivity index (χ3v) is 3.22. The van der Waals surface area contributed by atoms with E-state index in [1.807, 2.05) is 31.2 Å². The fraction of sp³-hybridized carbons (Fsp3) is 0.235. The van der Waals surface area contributed by atoms with Crippen molar-refractivity contribution in [3.8, 4) is 0 Å². The third-order valence-electron chi connectivity index (χ3n) is 3.22. The van der Waals surface area contributed by atoms with E-state index in [0.717, 1.165) is 16.7 Å². The molecule has 0 aromatic heterocycles. The highest BCUT2D eigenvalue weighted by Gasteiger charge is 2.06. The van der Waals surface area contributed by atoms with Crippen LogP contribution < -0.4 is 5.32 Å². The van der Waals surface area contributed by atoms with Crippen molar-refractivity contribution >= 4 is 5.91 Å². The molecule has 21 heavy (non-hydrogen) atoms. The van der Waals surface area contributed by atoms with Crippen molar-refractivity contribution in [3.05, 3.63) is 70.5 Å². The van der Waals surface area contributed by atoms with Crippen molar-refractivity contribution in [2.75, 3.05) is 0 Å². The second-order valence-corrected chi connectivity index (χ2v) is 5.03. The Balaban J connectivity index is 1.92. The van der Waals surface area contributed by atoms with E-state index in [9.17, 15) is 9.18 Å². The number of carbonyl (C=O) groups excluding carboxylic acids is 1. The number of amides is 1. The second kappa shape index (κ2) is 6.99. The lowest BCUT2D eigenvalue weighted by molar-refractivity contribution is -0.120. The number of nitrogens with one attached hydrogen (secondary N) is 1. The fourth-order valence-corrected chi connectivity index (χ4v) is 2.13. The lowest BCUT2D eigenvalue weighted by atomic mass is 10.1. The Bertz CT molecular complexity index is 640. The maximum absolute atomic E-state index is 13.2. The van der Waals surface area contributed by atoms with Crippen LogP contribution >= 0.6 is 0 Å². The van der Waals surface area contributed by atoms with Gasteiger partial charge in [0.05, 0.1) is 13.0 Å². The average Bonchev–Trinajstić information content (AvgIpc) is 2.46. The van der Waals surface area contributed by atoms with Crippen LogP contribution in [0, 0.1) is 12.7 Å². The molecule has 1 amide bonds. The molecule has 2 N–H and O–H groups in total. The van der Waals surface area contributed by atoms with E-state index < -0.39 is 5.82 Å². The molecule has 0 unspecified atom stereocenters. The van der Waals surface area contributed by atoms with Crippen molar-refractivity contribution in [3.63, 3.8) is 0 Å². The molecule has 0 fully saturated rings. The number of halogens is 1. The SMILES string of the molecule is Cc1cccc(CC(=O)NCc2ccc(F)c(CO)c2)c1. The van der Waals surface area contributed by atoms with Crippen LogP contribution in [0.2, 0.25) is 0 Å². The number of aliphatic hydroxyl groups excluding tert-OH is 1. The van der Waals surface area contributed by atoms with Gasteiger partial charge in [-0.15, -0.1) is 0 Å². The van der Waals surface area contributed by atoms with Crippen LogP contribution in [-0.2, 0) is 24.4 Å². The first-order valence-corrected chi connectivity index (χ1v) is 6.79. The summed E-state index contributed by atoms with van der Waals surface area (Å²) >= 11 is 0. The molecule has 2 aromatic rings. The molecule has 0 aliphatic carbocycles. The van der Waals surface area contributed by atoms with Gasteiger partial charge < -0.3 is 10.4 Å². The maximum atomic E-state index is 13.2. The van der Waals surface area contributed by atoms with Crippen LogP contribution in [0.3, 0.4) is 0 Å². The zero-order chi connectivity index (χ0) is 15.2. The van der Waals surface area contributed by atoms with Gasteiger partial charge in [0, 0.05) is 12.1 Å². The molecule has 0 saturated heterocycles. The van der Waals surface area contributed by atoms with Crippen LogP contribution in [0.1, 0.15) is 22.3 Å². The topological polar surface area (TPSA) is 49.3 Å². The summed E-state index contributed by atoms with van der Waals surface area (Å²) in [7, 11) is 0. The molecule has 0 bridgehead atoms. The van der Waals surface area contributed by atoms with E-state index in [0.29, 0.717) is 13.0 Å². The molecule has 110 valence electrons. The average molecular weight is 287 g/mol. The van der Waals surface area contributed by atoms with E-state index in [1.54, 1.807) is 12.1 Å². The molecule has 2 rings (SSSR count). The Hall–Kier alpha value is -2.20. The van der Waals surface area contributed by atoms with Crippen LogP contribution in [0.5, 0.6) is 0 Å². The highest BCUT2D eigenvalue weighted by molar-refractivity contribution is 5.78. The predicted molar refractivity (Wildman–Crippen MR) is 79.1 cm³/mol. The minimum atomic E-state index is -0.438. The Labute approximate surface area is 123 Å². The smallest absolute Gasteiger partial charge is 0.224 e. The standard InChI is InChI=1S/C17H18FNO2/c1-12-3-2-4-13(7-12)9-17(21)19-10-14-5-6-16(18)15(8-14)11-20/h2-8,20H,9-11H2,1H3,(H,19,21). The molecule has 0 saturated carbocycles. The van der Waals surface area contributed by atoms with E-state index in [2.05, 4.69) is 5.32 Å². The van der Waals surface area contributed by atoms with E-state index in [-0.39, 0.29) is 18.1 Å². The van der Waals surface area contributed by atoms with Gasteiger partial charge in [0.2, 0.25) is 5.91 Å². The van der Waals surface area contributed by atoms with Crippen molar-refractivity contribution in [2.45, 2.75) is 26.5 Å². The molecular weight excluding hydrogens is 269 g/mol. The Kier molecular flexibility index (Phi) is 5.06. The van der Waals surface area contributed by atoms with Gasteiger partial charge in [-0.05, 0) is 30.2 Å². The van der Waals surface area contributed by atoms with E-state index >= 15 is 0 Å². The quantitative estimate of drug-likeness (QED) is 0.887. The summed E-state index contributed by atoms with van der Waals surface area (Å²) in [6.07, 6.45) is 0.315. The van der Waals surface area contributed by atoms with E-state index in [1.165, 1.54) is 6.07 Å². The number of hydrogen-bond donors (Lipinski definition) is 2. The minimum absolute atomic E-state index is 0.0875. The van der Waals surface area contributed by atoms with Gasteiger partial charge in [-0.25, -0.2) is 4.39 Å². The predicted octanol–water partition coefficient (Wildman–Crippen LogP) is 2.49. The van der Waals surface area contributed by atoms with Gasteiger partial charge >= 0.3 is 0 Å².